The van der Waals surface area contributed by atoms with Crippen LogP contribution in [0.3, 0.4) is 0 Å². The number of rotatable bonds is 5. The average Bonchev–Trinajstić information content (AvgIpc) is 2.79. The number of hydrogen-bond acceptors (Lipinski definition) is 5. The van der Waals surface area contributed by atoms with Gasteiger partial charge in [-0.15, -0.1) is 0 Å². The summed E-state index contributed by atoms with van der Waals surface area (Å²) in [5, 5.41) is 0.0148. The second-order valence-corrected chi connectivity index (χ2v) is 15.7. The third kappa shape index (κ3) is 7.23. The molecule has 2 amide bonds. The van der Waals surface area contributed by atoms with E-state index < -0.39 is 20.0 Å². The summed E-state index contributed by atoms with van der Waals surface area (Å²) in [4.78, 5) is 29.2. The van der Waals surface area contributed by atoms with E-state index in [1.165, 1.54) is 4.90 Å². The van der Waals surface area contributed by atoms with E-state index in [9.17, 15) is 9.59 Å². The van der Waals surface area contributed by atoms with Crippen molar-refractivity contribution >= 4 is 20.3 Å². The second kappa shape index (κ2) is 9.83. The molecule has 8 heteroatoms. The summed E-state index contributed by atoms with van der Waals surface area (Å²) in [5.74, 6) is 0.652. The largest absolute Gasteiger partial charge is 0.497 e. The number of ether oxygens (including phenoxy) is 2. The van der Waals surface area contributed by atoms with Gasteiger partial charge in [-0.3, -0.25) is 9.69 Å². The Morgan fingerprint density at radius 2 is 1.66 bits per heavy atom. The van der Waals surface area contributed by atoms with Gasteiger partial charge in [-0.05, 0) is 56.6 Å². The Bertz CT molecular complexity index is 796. The van der Waals surface area contributed by atoms with Gasteiger partial charge in [0.2, 0.25) is 5.91 Å². The standard InChI is InChI=1S/C24H40N2O5Si/c1-23(2,3)30-22(28)26-16-20(31-32(8,9)24(4,5)6)15-25(21(27)17-26)14-18-10-12-19(29-7)13-11-18/h10-13,20H,14-17H2,1-9H3. The third-order valence-corrected chi connectivity index (χ3v) is 10.5. The maximum Gasteiger partial charge on any atom is 0.410 e. The molecule has 1 aromatic rings. The Kier molecular flexibility index (Phi) is 8.04. The Morgan fingerprint density at radius 3 is 2.16 bits per heavy atom. The van der Waals surface area contributed by atoms with Crippen LogP contribution in [0.4, 0.5) is 4.79 Å². The molecule has 1 atom stereocenters. The first kappa shape index (κ1) is 26.2. The van der Waals surface area contributed by atoms with Crippen molar-refractivity contribution in [3.8, 4) is 5.75 Å². The summed E-state index contributed by atoms with van der Waals surface area (Å²) < 4.78 is 17.5. The van der Waals surface area contributed by atoms with Crippen LogP contribution in [0, 0.1) is 0 Å². The lowest BCUT2D eigenvalue weighted by molar-refractivity contribution is -0.132. The van der Waals surface area contributed by atoms with Gasteiger partial charge < -0.3 is 18.8 Å². The van der Waals surface area contributed by atoms with Crippen molar-refractivity contribution in [1.29, 1.82) is 0 Å². The number of nitrogens with zero attached hydrogens (tertiary/aromatic N) is 2. The topological polar surface area (TPSA) is 68.3 Å². The number of methoxy groups -OCH3 is 1. The van der Waals surface area contributed by atoms with E-state index in [1.807, 2.05) is 45.0 Å². The molecule has 180 valence electrons. The zero-order valence-corrected chi connectivity index (χ0v) is 22.2. The summed E-state index contributed by atoms with van der Waals surface area (Å²) in [6.45, 7) is 17.6. The predicted octanol–water partition coefficient (Wildman–Crippen LogP) is 4.66. The van der Waals surface area contributed by atoms with Crippen LogP contribution in [0.1, 0.15) is 47.1 Å². The van der Waals surface area contributed by atoms with Gasteiger partial charge in [0.15, 0.2) is 8.32 Å². The van der Waals surface area contributed by atoms with Gasteiger partial charge in [-0.2, -0.15) is 0 Å². The fourth-order valence-electron chi connectivity index (χ4n) is 3.22. The second-order valence-electron chi connectivity index (χ2n) is 11.0. The Morgan fingerprint density at radius 1 is 1.06 bits per heavy atom. The van der Waals surface area contributed by atoms with Crippen LogP contribution in [0.15, 0.2) is 24.3 Å². The minimum Gasteiger partial charge on any atom is -0.497 e. The minimum absolute atomic E-state index is 0.0148. The molecule has 0 N–H and O–H groups in total. The summed E-state index contributed by atoms with van der Waals surface area (Å²) >= 11 is 0. The molecule has 1 unspecified atom stereocenters. The number of benzene rings is 1. The summed E-state index contributed by atoms with van der Waals surface area (Å²) in [6, 6.07) is 7.67. The molecule has 0 radical (unpaired) electrons. The van der Waals surface area contributed by atoms with Crippen LogP contribution >= 0.6 is 0 Å². The molecule has 1 heterocycles. The van der Waals surface area contributed by atoms with Gasteiger partial charge in [0, 0.05) is 13.1 Å². The fourth-order valence-corrected chi connectivity index (χ4v) is 4.55. The minimum atomic E-state index is -2.12. The molecule has 0 aliphatic carbocycles. The van der Waals surface area contributed by atoms with Crippen molar-refractivity contribution in [2.45, 2.75) is 77.9 Å². The van der Waals surface area contributed by atoms with E-state index in [-0.39, 0.29) is 23.6 Å². The highest BCUT2D eigenvalue weighted by molar-refractivity contribution is 6.74. The smallest absolute Gasteiger partial charge is 0.410 e. The lowest BCUT2D eigenvalue weighted by Crippen LogP contribution is -2.49. The number of hydrogen-bond donors (Lipinski definition) is 0. The van der Waals surface area contributed by atoms with E-state index >= 15 is 0 Å². The lowest BCUT2D eigenvalue weighted by atomic mass is 10.2. The van der Waals surface area contributed by atoms with Crippen LogP contribution in [0.25, 0.3) is 0 Å². The number of amides is 2. The monoisotopic (exact) mass is 464 g/mol. The van der Waals surface area contributed by atoms with Crippen LogP contribution in [0.5, 0.6) is 5.75 Å². The molecule has 1 aromatic carbocycles. The molecule has 7 nitrogen and oxygen atoms in total. The van der Waals surface area contributed by atoms with Gasteiger partial charge in [0.1, 0.15) is 17.9 Å². The first-order valence-corrected chi connectivity index (χ1v) is 14.1. The van der Waals surface area contributed by atoms with Gasteiger partial charge >= 0.3 is 6.09 Å². The van der Waals surface area contributed by atoms with E-state index in [0.717, 1.165) is 11.3 Å². The normalized spacial score (nSPS) is 18.4. The van der Waals surface area contributed by atoms with Gasteiger partial charge in [-0.1, -0.05) is 32.9 Å². The molecule has 1 aliphatic rings. The van der Waals surface area contributed by atoms with E-state index in [2.05, 4.69) is 33.9 Å². The van der Waals surface area contributed by atoms with Crippen molar-refractivity contribution in [3.05, 3.63) is 29.8 Å². The fraction of sp³-hybridized carbons (Fsp3) is 0.667. The van der Waals surface area contributed by atoms with Gasteiger partial charge in [0.05, 0.1) is 19.8 Å². The van der Waals surface area contributed by atoms with Crippen LogP contribution in [0.2, 0.25) is 18.1 Å². The molecule has 0 spiro atoms. The molecular formula is C24H40N2O5Si. The Balaban J connectivity index is 2.27. The first-order chi connectivity index (χ1) is 14.6. The maximum atomic E-state index is 13.1. The molecule has 32 heavy (non-hydrogen) atoms. The third-order valence-electron chi connectivity index (χ3n) is 5.98. The molecule has 0 bridgehead atoms. The van der Waals surface area contributed by atoms with Gasteiger partial charge in [-0.25, -0.2) is 4.79 Å². The highest BCUT2D eigenvalue weighted by atomic mass is 28.4. The predicted molar refractivity (Wildman–Crippen MR) is 128 cm³/mol. The molecule has 1 aliphatic heterocycles. The van der Waals surface area contributed by atoms with Crippen molar-refractivity contribution in [2.75, 3.05) is 26.7 Å². The quantitative estimate of drug-likeness (QED) is 0.593. The lowest BCUT2D eigenvalue weighted by Gasteiger charge is -2.40. The molecule has 0 saturated carbocycles. The van der Waals surface area contributed by atoms with E-state index in [1.54, 1.807) is 12.0 Å². The Hall–Kier alpha value is -2.06. The highest BCUT2D eigenvalue weighted by Crippen LogP contribution is 2.37. The van der Waals surface area contributed by atoms with Crippen LogP contribution in [-0.2, 0) is 20.5 Å². The number of carbonyl (C=O) groups excluding carboxylic acids is 2. The van der Waals surface area contributed by atoms with Crippen LogP contribution < -0.4 is 4.74 Å². The first-order valence-electron chi connectivity index (χ1n) is 11.2. The molecule has 1 fully saturated rings. The average molecular weight is 465 g/mol. The Labute approximate surface area is 194 Å². The van der Waals surface area contributed by atoms with Gasteiger partial charge in [0.25, 0.3) is 0 Å². The summed E-state index contributed by atoms with van der Waals surface area (Å²) in [5.41, 5.74) is 0.362. The zero-order chi connectivity index (χ0) is 24.3. The van der Waals surface area contributed by atoms with Crippen molar-refractivity contribution in [3.63, 3.8) is 0 Å². The van der Waals surface area contributed by atoms with Crippen molar-refractivity contribution < 1.29 is 23.5 Å². The van der Waals surface area contributed by atoms with Crippen molar-refractivity contribution in [2.24, 2.45) is 0 Å². The molecule has 2 rings (SSSR count). The van der Waals surface area contributed by atoms with E-state index in [0.29, 0.717) is 19.6 Å². The van der Waals surface area contributed by atoms with Crippen molar-refractivity contribution in [1.82, 2.24) is 9.80 Å². The zero-order valence-electron chi connectivity index (χ0n) is 21.2. The summed E-state index contributed by atoms with van der Waals surface area (Å²) in [7, 11) is -0.489. The molecule has 0 aromatic heterocycles. The van der Waals surface area contributed by atoms with Crippen LogP contribution in [-0.4, -0.2) is 68.6 Å². The molecular weight excluding hydrogens is 424 g/mol. The summed E-state index contributed by atoms with van der Waals surface area (Å²) in [6.07, 6.45) is -0.769. The SMILES string of the molecule is COc1ccc(CN2CC(O[Si](C)(C)C(C)(C)C)CN(C(=O)OC(C)(C)C)CC2=O)cc1. The van der Waals surface area contributed by atoms with E-state index in [4.69, 9.17) is 13.9 Å². The highest BCUT2D eigenvalue weighted by Gasteiger charge is 2.42. The molecule has 1 saturated heterocycles. The maximum absolute atomic E-state index is 13.1. The number of carbonyl (C=O) groups is 2.